The Morgan fingerprint density at radius 2 is 2.03 bits per heavy atom. The molecule has 1 saturated heterocycles. The minimum absolute atomic E-state index is 0.0710. The van der Waals surface area contributed by atoms with Gasteiger partial charge in [-0.3, -0.25) is 18.7 Å². The number of carbonyl (C=O) groups is 4. The first-order valence-electron chi connectivity index (χ1n) is 10.5. The van der Waals surface area contributed by atoms with Crippen molar-refractivity contribution < 1.29 is 46.5 Å². The fraction of sp³-hybridized carbons (Fsp3) is 0.500. The predicted octanol–water partition coefficient (Wildman–Crippen LogP) is -0.996. The van der Waals surface area contributed by atoms with Crippen LogP contribution in [0.3, 0.4) is 0 Å². The average molecular weight is 577 g/mol. The number of rotatable bonds is 9. The van der Waals surface area contributed by atoms with Crippen molar-refractivity contribution in [2.24, 2.45) is 5.16 Å². The van der Waals surface area contributed by atoms with Gasteiger partial charge < -0.3 is 20.0 Å². The number of carbonyl (C=O) groups excluding carboxylic acids is 3. The zero-order valence-corrected chi connectivity index (χ0v) is 22.6. The Kier molecular flexibility index (Phi) is 8.18. The van der Waals surface area contributed by atoms with E-state index in [1.54, 1.807) is 20.8 Å². The minimum atomic E-state index is -3.67. The molecule has 1 fully saturated rings. The van der Waals surface area contributed by atoms with Gasteiger partial charge in [0.15, 0.2) is 15.5 Å². The molecule has 1 aromatic heterocycles. The van der Waals surface area contributed by atoms with Crippen LogP contribution in [0.1, 0.15) is 26.5 Å². The van der Waals surface area contributed by atoms with Crippen molar-refractivity contribution in [3.05, 3.63) is 27.9 Å². The van der Waals surface area contributed by atoms with Gasteiger partial charge in [0.1, 0.15) is 28.4 Å². The van der Waals surface area contributed by atoms with Crippen molar-refractivity contribution >= 4 is 61.4 Å². The standard InChI is InChI=1S/C20H24N4O10S3/c1-20(2,3)34-12(25)5-33-23-13(11-6-35-9-21-11)16(26)22-14-17(27)24-15(19(28)29)10(8-37(4,31)32)7-36(30)18(14)24/h6,9,14,18H,5,7-8H2,1-4H3,(H,22,26)(H,28,29)/t14?,18-,36?/m1/s1. The first kappa shape index (κ1) is 28.4. The number of amides is 2. The molecule has 2 N–H and O–H groups in total. The number of nitrogens with zero attached hydrogens (tertiary/aromatic N) is 3. The molecule has 0 bridgehead atoms. The maximum atomic E-state index is 13.0. The summed E-state index contributed by atoms with van der Waals surface area (Å²) in [6, 6.07) is -1.38. The minimum Gasteiger partial charge on any atom is -0.477 e. The highest BCUT2D eigenvalue weighted by atomic mass is 32.2. The fourth-order valence-corrected chi connectivity index (χ4v) is 6.77. The van der Waals surface area contributed by atoms with Crippen LogP contribution in [0.2, 0.25) is 0 Å². The van der Waals surface area contributed by atoms with Crippen LogP contribution < -0.4 is 5.32 Å². The van der Waals surface area contributed by atoms with E-state index in [-0.39, 0.29) is 17.0 Å². The Balaban J connectivity index is 1.80. The number of sulfone groups is 1. The summed E-state index contributed by atoms with van der Waals surface area (Å²) < 4.78 is 41.4. The second-order valence-corrected chi connectivity index (χ2v) is 13.5. The quantitative estimate of drug-likeness (QED) is 0.158. The van der Waals surface area contributed by atoms with Gasteiger partial charge in [-0.05, 0) is 26.3 Å². The Bertz CT molecular complexity index is 1310. The Morgan fingerprint density at radius 3 is 2.57 bits per heavy atom. The second kappa shape index (κ2) is 10.7. The summed E-state index contributed by atoms with van der Waals surface area (Å²) in [5.41, 5.74) is -0.407. The summed E-state index contributed by atoms with van der Waals surface area (Å²) in [7, 11) is -5.58. The maximum Gasteiger partial charge on any atom is 0.352 e. The number of β-lactam (4-membered cyclic amide) rings is 1. The summed E-state index contributed by atoms with van der Waals surface area (Å²) in [5, 5.41) is 15.9. The third-order valence-corrected chi connectivity index (χ3v) is 7.89. The Labute approximate surface area is 218 Å². The van der Waals surface area contributed by atoms with Gasteiger partial charge >= 0.3 is 11.9 Å². The van der Waals surface area contributed by atoms with Crippen molar-refractivity contribution in [1.82, 2.24) is 15.2 Å². The van der Waals surface area contributed by atoms with Crippen LogP contribution in [-0.4, -0.2) is 98.5 Å². The van der Waals surface area contributed by atoms with Crippen molar-refractivity contribution in [3.8, 4) is 0 Å². The van der Waals surface area contributed by atoms with Gasteiger partial charge in [-0.2, -0.15) is 0 Å². The largest absolute Gasteiger partial charge is 0.477 e. The molecular weight excluding hydrogens is 552 g/mol. The molecule has 0 aliphatic carbocycles. The van der Waals surface area contributed by atoms with E-state index in [4.69, 9.17) is 9.57 Å². The highest BCUT2D eigenvalue weighted by molar-refractivity contribution is 7.91. The number of oxime groups is 1. The molecule has 0 saturated carbocycles. The number of carboxylic acid groups (broad SMARTS) is 1. The van der Waals surface area contributed by atoms with E-state index < -0.39 is 85.2 Å². The number of aromatic nitrogens is 1. The number of carboxylic acids is 1. The van der Waals surface area contributed by atoms with E-state index in [0.29, 0.717) is 0 Å². The van der Waals surface area contributed by atoms with E-state index in [1.165, 1.54) is 10.9 Å². The molecule has 0 aromatic carbocycles. The van der Waals surface area contributed by atoms with Gasteiger partial charge in [-0.25, -0.2) is 23.0 Å². The van der Waals surface area contributed by atoms with Crippen LogP contribution >= 0.6 is 11.3 Å². The average Bonchev–Trinajstić information content (AvgIpc) is 3.26. The van der Waals surface area contributed by atoms with E-state index >= 15 is 0 Å². The second-order valence-electron chi connectivity index (χ2n) is 9.08. The summed E-state index contributed by atoms with van der Waals surface area (Å²) >= 11 is 1.14. The third kappa shape index (κ3) is 6.78. The van der Waals surface area contributed by atoms with Crippen LogP contribution in [0.4, 0.5) is 0 Å². The molecule has 2 unspecified atom stereocenters. The molecule has 3 heterocycles. The Morgan fingerprint density at radius 1 is 1.35 bits per heavy atom. The van der Waals surface area contributed by atoms with Crippen LogP contribution in [0.5, 0.6) is 0 Å². The molecule has 17 heteroatoms. The van der Waals surface area contributed by atoms with Crippen LogP contribution in [0.15, 0.2) is 27.3 Å². The number of nitrogens with one attached hydrogen (secondary N) is 1. The first-order valence-corrected chi connectivity index (χ1v) is 14.9. The molecule has 37 heavy (non-hydrogen) atoms. The lowest BCUT2D eigenvalue weighted by atomic mass is 10.0. The SMILES string of the molecule is CC(C)(C)OC(=O)CON=C(C(=O)NC1C(=O)N2C(C(=O)O)=C(CS(C)(=O)=O)CS(=O)[C@H]12)c1cscn1. The first-order chi connectivity index (χ1) is 17.1. The molecular formula is C20H24N4O10S3. The zero-order valence-electron chi connectivity index (χ0n) is 20.1. The third-order valence-electron chi connectivity index (χ3n) is 4.78. The van der Waals surface area contributed by atoms with Crippen molar-refractivity contribution in [2.45, 2.75) is 37.8 Å². The van der Waals surface area contributed by atoms with Crippen LogP contribution in [0, 0.1) is 0 Å². The number of esters is 1. The maximum absolute atomic E-state index is 13.0. The van der Waals surface area contributed by atoms with E-state index in [9.17, 15) is 36.9 Å². The molecule has 3 rings (SSSR count). The normalized spacial score (nSPS) is 22.2. The molecule has 202 valence electrons. The monoisotopic (exact) mass is 576 g/mol. The zero-order chi connectivity index (χ0) is 27.7. The highest BCUT2D eigenvalue weighted by Crippen LogP contribution is 2.35. The molecule has 3 atom stereocenters. The van der Waals surface area contributed by atoms with Gasteiger partial charge in [0.25, 0.3) is 11.8 Å². The Hall–Kier alpha value is -3.18. The van der Waals surface area contributed by atoms with Gasteiger partial charge in [0.05, 0.1) is 27.8 Å². The predicted molar refractivity (Wildman–Crippen MR) is 130 cm³/mol. The summed E-state index contributed by atoms with van der Waals surface area (Å²) in [5.74, 6) is -5.21. The van der Waals surface area contributed by atoms with Crippen LogP contribution in [-0.2, 0) is 49.4 Å². The number of ether oxygens (including phenoxy) is 1. The molecule has 2 aliphatic heterocycles. The number of hydrogen-bond donors (Lipinski definition) is 2. The van der Waals surface area contributed by atoms with E-state index in [0.717, 1.165) is 22.5 Å². The van der Waals surface area contributed by atoms with E-state index in [1.807, 2.05) is 0 Å². The van der Waals surface area contributed by atoms with Crippen molar-refractivity contribution in [2.75, 3.05) is 24.4 Å². The summed E-state index contributed by atoms with van der Waals surface area (Å²) in [6.45, 7) is 4.36. The molecule has 0 radical (unpaired) electrons. The van der Waals surface area contributed by atoms with Gasteiger partial charge in [0, 0.05) is 11.6 Å². The highest BCUT2D eigenvalue weighted by Gasteiger charge is 2.57. The van der Waals surface area contributed by atoms with Gasteiger partial charge in [-0.1, -0.05) is 5.16 Å². The number of fused-ring (bicyclic) bond motifs is 1. The summed E-state index contributed by atoms with van der Waals surface area (Å²) in [6.07, 6.45) is 0.889. The molecule has 0 spiro atoms. The lowest BCUT2D eigenvalue weighted by Crippen LogP contribution is -2.74. The van der Waals surface area contributed by atoms with Crippen molar-refractivity contribution in [3.63, 3.8) is 0 Å². The lowest BCUT2D eigenvalue weighted by molar-refractivity contribution is -0.160. The molecule has 14 nitrogen and oxygen atoms in total. The molecule has 2 amide bonds. The summed E-state index contributed by atoms with van der Waals surface area (Å²) in [4.78, 5) is 59.2. The topological polar surface area (TPSA) is 199 Å². The molecule has 2 aliphatic rings. The van der Waals surface area contributed by atoms with E-state index in [2.05, 4.69) is 15.5 Å². The van der Waals surface area contributed by atoms with Crippen molar-refractivity contribution in [1.29, 1.82) is 0 Å². The number of thiazole rings is 1. The number of aliphatic carboxylic acids is 1. The smallest absolute Gasteiger partial charge is 0.352 e. The van der Waals surface area contributed by atoms with Gasteiger partial charge in [-0.15, -0.1) is 11.3 Å². The van der Waals surface area contributed by atoms with Gasteiger partial charge in [0.2, 0.25) is 6.61 Å². The number of hydrogen-bond acceptors (Lipinski definition) is 12. The molecule has 1 aromatic rings. The van der Waals surface area contributed by atoms with Crippen LogP contribution in [0.25, 0.3) is 0 Å². The lowest BCUT2D eigenvalue weighted by Gasteiger charge is -2.49. The fourth-order valence-electron chi connectivity index (χ4n) is 3.54.